The first-order valence-electron chi connectivity index (χ1n) is 6.65. The summed E-state index contributed by atoms with van der Waals surface area (Å²) in [6, 6.07) is 8.26. The average molecular weight is 266 g/mol. The largest absolute Gasteiger partial charge is 0.394 e. The minimum atomic E-state index is -0.275. The third-order valence-electron chi connectivity index (χ3n) is 3.45. The Morgan fingerprint density at radius 3 is 2.63 bits per heavy atom. The normalized spacial score (nSPS) is 11.6. The molecule has 0 atom stereocenters. The van der Waals surface area contributed by atoms with E-state index in [2.05, 4.69) is 22.3 Å². The van der Waals surface area contributed by atoms with Gasteiger partial charge in [-0.15, -0.1) is 0 Å². The van der Waals surface area contributed by atoms with Crippen molar-refractivity contribution in [1.82, 2.24) is 5.32 Å². The van der Waals surface area contributed by atoms with E-state index < -0.39 is 0 Å². The smallest absolute Gasteiger partial charge is 0.0658 e. The van der Waals surface area contributed by atoms with Crippen molar-refractivity contribution < 1.29 is 9.84 Å². The SMILES string of the molecule is COCCNCc1ccccc1N(C)C(C)(C)CO. The lowest BCUT2D eigenvalue weighted by Crippen LogP contribution is -2.45. The number of anilines is 1. The Labute approximate surface area is 116 Å². The molecule has 108 valence electrons. The Bertz CT molecular complexity index is 380. The molecule has 0 saturated carbocycles. The minimum Gasteiger partial charge on any atom is -0.394 e. The van der Waals surface area contributed by atoms with E-state index in [4.69, 9.17) is 4.74 Å². The minimum absolute atomic E-state index is 0.120. The van der Waals surface area contributed by atoms with Gasteiger partial charge in [-0.2, -0.15) is 0 Å². The molecule has 0 aliphatic carbocycles. The summed E-state index contributed by atoms with van der Waals surface area (Å²) in [7, 11) is 3.72. The van der Waals surface area contributed by atoms with E-state index in [-0.39, 0.29) is 12.1 Å². The number of likely N-dealkylation sites (N-methyl/N-ethyl adjacent to an activating group) is 1. The second kappa shape index (κ2) is 7.48. The quantitative estimate of drug-likeness (QED) is 0.702. The first-order chi connectivity index (χ1) is 9.03. The average Bonchev–Trinajstić information content (AvgIpc) is 2.43. The van der Waals surface area contributed by atoms with E-state index in [9.17, 15) is 5.11 Å². The number of benzene rings is 1. The Morgan fingerprint density at radius 1 is 1.32 bits per heavy atom. The van der Waals surface area contributed by atoms with Crippen molar-refractivity contribution in [2.45, 2.75) is 25.9 Å². The fraction of sp³-hybridized carbons (Fsp3) is 0.600. The highest BCUT2D eigenvalue weighted by molar-refractivity contribution is 5.54. The molecule has 0 fully saturated rings. The number of para-hydroxylation sites is 1. The molecule has 0 aromatic heterocycles. The zero-order valence-corrected chi connectivity index (χ0v) is 12.4. The van der Waals surface area contributed by atoms with Gasteiger partial charge in [-0.05, 0) is 25.5 Å². The van der Waals surface area contributed by atoms with Gasteiger partial charge < -0.3 is 20.1 Å². The van der Waals surface area contributed by atoms with Gasteiger partial charge in [-0.1, -0.05) is 18.2 Å². The molecule has 0 saturated heterocycles. The van der Waals surface area contributed by atoms with Gasteiger partial charge in [0.1, 0.15) is 0 Å². The van der Waals surface area contributed by atoms with Crippen LogP contribution in [0, 0.1) is 0 Å². The molecule has 0 spiro atoms. The summed E-state index contributed by atoms with van der Waals surface area (Å²) in [6.07, 6.45) is 0. The number of hydrogen-bond donors (Lipinski definition) is 2. The summed E-state index contributed by atoms with van der Waals surface area (Å²) in [4.78, 5) is 2.13. The van der Waals surface area contributed by atoms with Crippen molar-refractivity contribution in [3.63, 3.8) is 0 Å². The van der Waals surface area contributed by atoms with E-state index in [0.29, 0.717) is 6.61 Å². The van der Waals surface area contributed by atoms with Gasteiger partial charge in [0.05, 0.1) is 18.8 Å². The Hall–Kier alpha value is -1.10. The van der Waals surface area contributed by atoms with Gasteiger partial charge in [0.2, 0.25) is 0 Å². The van der Waals surface area contributed by atoms with E-state index in [1.807, 2.05) is 33.0 Å². The van der Waals surface area contributed by atoms with E-state index in [1.54, 1.807) is 7.11 Å². The monoisotopic (exact) mass is 266 g/mol. The van der Waals surface area contributed by atoms with Crippen molar-refractivity contribution in [2.24, 2.45) is 0 Å². The van der Waals surface area contributed by atoms with Gasteiger partial charge >= 0.3 is 0 Å². The van der Waals surface area contributed by atoms with Crippen molar-refractivity contribution in [3.05, 3.63) is 29.8 Å². The lowest BCUT2D eigenvalue weighted by molar-refractivity contribution is 0.199. The van der Waals surface area contributed by atoms with Crippen molar-refractivity contribution in [2.75, 3.05) is 38.8 Å². The van der Waals surface area contributed by atoms with Crippen LogP contribution in [0.25, 0.3) is 0 Å². The van der Waals surface area contributed by atoms with Crippen molar-refractivity contribution in [1.29, 1.82) is 0 Å². The lowest BCUT2D eigenvalue weighted by Gasteiger charge is -2.37. The topological polar surface area (TPSA) is 44.7 Å². The molecule has 1 rings (SSSR count). The van der Waals surface area contributed by atoms with Crippen LogP contribution >= 0.6 is 0 Å². The summed E-state index contributed by atoms with van der Waals surface area (Å²) in [6.45, 7) is 6.52. The Kier molecular flexibility index (Phi) is 6.28. The van der Waals surface area contributed by atoms with Crippen LogP contribution in [0.4, 0.5) is 5.69 Å². The fourth-order valence-electron chi connectivity index (χ4n) is 1.82. The molecule has 0 aliphatic rings. The number of ether oxygens (including phenoxy) is 1. The Morgan fingerprint density at radius 2 is 2.00 bits per heavy atom. The van der Waals surface area contributed by atoms with Crippen LogP contribution < -0.4 is 10.2 Å². The number of methoxy groups -OCH3 is 1. The van der Waals surface area contributed by atoms with Crippen LogP contribution in [0.5, 0.6) is 0 Å². The van der Waals surface area contributed by atoms with Gasteiger partial charge in [0, 0.05) is 32.9 Å². The van der Waals surface area contributed by atoms with Crippen LogP contribution in [-0.2, 0) is 11.3 Å². The zero-order valence-electron chi connectivity index (χ0n) is 12.4. The first-order valence-corrected chi connectivity index (χ1v) is 6.65. The zero-order chi connectivity index (χ0) is 14.3. The standard InChI is InChI=1S/C15H26N2O2/c1-15(2,12-18)17(3)14-8-6-5-7-13(14)11-16-9-10-19-4/h5-8,16,18H,9-12H2,1-4H3. The second-order valence-corrected chi connectivity index (χ2v) is 5.33. The molecule has 0 bridgehead atoms. The van der Waals surface area contributed by atoms with Crippen LogP contribution in [0.2, 0.25) is 0 Å². The molecule has 0 heterocycles. The third-order valence-corrected chi connectivity index (χ3v) is 3.45. The third kappa shape index (κ3) is 4.49. The maximum Gasteiger partial charge on any atom is 0.0658 e. The number of aliphatic hydroxyl groups is 1. The molecule has 0 unspecified atom stereocenters. The molecule has 0 radical (unpaired) electrons. The molecule has 4 heteroatoms. The number of nitrogens with one attached hydrogen (secondary N) is 1. The van der Waals surface area contributed by atoms with Gasteiger partial charge in [-0.3, -0.25) is 0 Å². The molecular weight excluding hydrogens is 240 g/mol. The molecule has 4 nitrogen and oxygen atoms in total. The highest BCUT2D eigenvalue weighted by atomic mass is 16.5. The predicted octanol–water partition coefficient (Wildman–Crippen LogP) is 1.63. The summed E-state index contributed by atoms with van der Waals surface area (Å²) < 4.78 is 5.02. The summed E-state index contributed by atoms with van der Waals surface area (Å²) in [5.74, 6) is 0. The molecule has 2 N–H and O–H groups in total. The van der Waals surface area contributed by atoms with Crippen molar-refractivity contribution in [3.8, 4) is 0 Å². The van der Waals surface area contributed by atoms with E-state index in [1.165, 1.54) is 5.56 Å². The molecular formula is C15H26N2O2. The summed E-state index contributed by atoms with van der Waals surface area (Å²) in [5.41, 5.74) is 2.09. The van der Waals surface area contributed by atoms with Gasteiger partial charge in [0.15, 0.2) is 0 Å². The van der Waals surface area contributed by atoms with Gasteiger partial charge in [-0.25, -0.2) is 0 Å². The van der Waals surface area contributed by atoms with Crippen molar-refractivity contribution >= 4 is 5.69 Å². The highest BCUT2D eigenvalue weighted by Gasteiger charge is 2.24. The van der Waals surface area contributed by atoms with Crippen LogP contribution in [0.1, 0.15) is 19.4 Å². The van der Waals surface area contributed by atoms with Crippen LogP contribution in [0.3, 0.4) is 0 Å². The molecule has 19 heavy (non-hydrogen) atoms. The number of rotatable bonds is 8. The molecule has 1 aromatic rings. The number of aliphatic hydroxyl groups excluding tert-OH is 1. The van der Waals surface area contributed by atoms with Gasteiger partial charge in [0.25, 0.3) is 0 Å². The summed E-state index contributed by atoms with van der Waals surface area (Å²) >= 11 is 0. The van der Waals surface area contributed by atoms with Crippen LogP contribution in [-0.4, -0.2) is 44.6 Å². The van der Waals surface area contributed by atoms with E-state index >= 15 is 0 Å². The lowest BCUT2D eigenvalue weighted by atomic mass is 10.0. The number of nitrogens with zero attached hydrogens (tertiary/aromatic N) is 1. The summed E-state index contributed by atoms with van der Waals surface area (Å²) in [5, 5.41) is 12.8. The highest BCUT2D eigenvalue weighted by Crippen LogP contribution is 2.25. The first kappa shape index (κ1) is 16.0. The molecule has 0 aliphatic heterocycles. The Balaban J connectivity index is 2.78. The predicted molar refractivity (Wildman–Crippen MR) is 79.6 cm³/mol. The van der Waals surface area contributed by atoms with E-state index in [0.717, 1.165) is 18.8 Å². The molecule has 0 amide bonds. The number of hydrogen-bond acceptors (Lipinski definition) is 4. The van der Waals surface area contributed by atoms with Crippen LogP contribution in [0.15, 0.2) is 24.3 Å². The maximum absolute atomic E-state index is 9.49. The fourth-order valence-corrected chi connectivity index (χ4v) is 1.82. The maximum atomic E-state index is 9.49. The molecule has 1 aromatic carbocycles. The second-order valence-electron chi connectivity index (χ2n) is 5.33.